The molecule has 5 heteroatoms. The first-order chi connectivity index (χ1) is 25.0. The number of benzene rings is 6. The zero-order chi connectivity index (χ0) is 34.7. The number of hydrogen-bond acceptors (Lipinski definition) is 3. The number of fused-ring (bicyclic) bond motifs is 6. The van der Waals surface area contributed by atoms with Crippen molar-refractivity contribution in [2.45, 2.75) is 18.4 Å². The first-order valence-electron chi connectivity index (χ1n) is 16.9. The molecule has 0 saturated carbocycles. The predicted octanol–water partition coefficient (Wildman–Crippen LogP) is 10.8. The van der Waals surface area contributed by atoms with Crippen molar-refractivity contribution in [3.63, 3.8) is 0 Å². The van der Waals surface area contributed by atoms with Crippen LogP contribution in [-0.4, -0.2) is 9.13 Å². The maximum Gasteiger partial charge on any atom is 0.0991 e. The van der Waals surface area contributed by atoms with Gasteiger partial charge in [0.15, 0.2) is 0 Å². The maximum atomic E-state index is 10.3. The molecule has 1 aliphatic rings. The fraction of sp³-hybridized carbons (Fsp3) is 0.0652. The van der Waals surface area contributed by atoms with Crippen LogP contribution in [0.25, 0.3) is 60.4 Å². The second-order valence-corrected chi connectivity index (χ2v) is 13.4. The summed E-state index contributed by atoms with van der Waals surface area (Å²) in [5.41, 5.74) is 9.40. The molecule has 238 valence electrons. The summed E-state index contributed by atoms with van der Waals surface area (Å²) < 4.78 is 4.58. The largest absolute Gasteiger partial charge is 0.332 e. The number of rotatable bonds is 4. The Balaban J connectivity index is 1.19. The lowest BCUT2D eigenvalue weighted by atomic mass is 9.71. The number of hydrogen-bond donors (Lipinski definition) is 0. The minimum Gasteiger partial charge on any atom is -0.332 e. The molecule has 0 N–H and O–H groups in total. The lowest BCUT2D eigenvalue weighted by Gasteiger charge is -2.38. The molecule has 6 aromatic carbocycles. The molecule has 0 radical (unpaired) electrons. The maximum absolute atomic E-state index is 10.3. The molecule has 2 heterocycles. The van der Waals surface area contributed by atoms with E-state index in [0.717, 1.165) is 55.2 Å². The first kappa shape index (κ1) is 30.0. The molecule has 0 spiro atoms. The number of aromatic nitrogens is 2. The smallest absolute Gasteiger partial charge is 0.0991 e. The Morgan fingerprint density at radius 1 is 0.549 bits per heavy atom. The summed E-state index contributed by atoms with van der Waals surface area (Å²) in [6.07, 6.45) is 6.02. The lowest BCUT2D eigenvalue weighted by Crippen LogP contribution is -2.33. The number of nitrogens with zero attached hydrogens (tertiary/aromatic N) is 5. The number of nitriles is 3. The molecule has 0 aliphatic heterocycles. The van der Waals surface area contributed by atoms with Gasteiger partial charge in [-0.3, -0.25) is 0 Å². The van der Waals surface area contributed by atoms with Gasteiger partial charge in [0, 0.05) is 49.3 Å². The summed E-state index contributed by atoms with van der Waals surface area (Å²) in [6, 6.07) is 52.4. The van der Waals surface area contributed by atoms with Crippen LogP contribution >= 0.6 is 0 Å². The van der Waals surface area contributed by atoms with E-state index in [-0.39, 0.29) is 6.04 Å². The molecular weight excluding hydrogens is 623 g/mol. The second kappa shape index (κ2) is 11.5. The van der Waals surface area contributed by atoms with Crippen LogP contribution in [0.2, 0.25) is 0 Å². The Morgan fingerprint density at radius 2 is 1.16 bits per heavy atom. The fourth-order valence-electron chi connectivity index (χ4n) is 7.99. The van der Waals surface area contributed by atoms with E-state index in [2.05, 4.69) is 131 Å². The van der Waals surface area contributed by atoms with Gasteiger partial charge in [-0.1, -0.05) is 78.9 Å². The van der Waals surface area contributed by atoms with E-state index in [1.807, 2.05) is 54.6 Å². The highest BCUT2D eigenvalue weighted by Crippen LogP contribution is 2.47. The molecule has 0 bridgehead atoms. The zero-order valence-corrected chi connectivity index (χ0v) is 27.7. The van der Waals surface area contributed by atoms with Gasteiger partial charge in [0.1, 0.15) is 0 Å². The summed E-state index contributed by atoms with van der Waals surface area (Å²) in [7, 11) is 0. The zero-order valence-electron chi connectivity index (χ0n) is 27.7. The minimum atomic E-state index is -0.631. The second-order valence-electron chi connectivity index (χ2n) is 13.4. The number of para-hydroxylation sites is 3. The SMILES string of the molecule is CC1(c2cc(C#N)cc(-c3ccc(-n4c5ccccc5c5ccccc54)cc3)c2)C=CC(C#N)=CC1n1c2ccccc2c2cc(C#N)ccc21. The van der Waals surface area contributed by atoms with Gasteiger partial charge in [-0.05, 0) is 96.4 Å². The van der Waals surface area contributed by atoms with Crippen molar-refractivity contribution in [3.8, 4) is 35.0 Å². The normalized spacial score (nSPS) is 17.0. The van der Waals surface area contributed by atoms with Crippen molar-refractivity contribution < 1.29 is 0 Å². The fourth-order valence-corrected chi connectivity index (χ4v) is 7.99. The van der Waals surface area contributed by atoms with Crippen molar-refractivity contribution in [1.82, 2.24) is 9.13 Å². The monoisotopic (exact) mass is 651 g/mol. The number of allylic oxidation sites excluding steroid dienone is 4. The minimum absolute atomic E-state index is 0.299. The summed E-state index contributed by atoms with van der Waals surface area (Å²) in [5, 5.41) is 34.5. The predicted molar refractivity (Wildman–Crippen MR) is 204 cm³/mol. The van der Waals surface area contributed by atoms with Gasteiger partial charge in [0.2, 0.25) is 0 Å². The van der Waals surface area contributed by atoms with Crippen LogP contribution < -0.4 is 0 Å². The van der Waals surface area contributed by atoms with Crippen molar-refractivity contribution in [2.75, 3.05) is 0 Å². The van der Waals surface area contributed by atoms with Crippen LogP contribution in [0.15, 0.2) is 157 Å². The van der Waals surface area contributed by atoms with Crippen molar-refractivity contribution in [1.29, 1.82) is 15.8 Å². The van der Waals surface area contributed by atoms with Gasteiger partial charge in [0.25, 0.3) is 0 Å². The van der Waals surface area contributed by atoms with E-state index in [1.165, 1.54) is 10.8 Å². The van der Waals surface area contributed by atoms with Crippen molar-refractivity contribution in [3.05, 3.63) is 174 Å². The third kappa shape index (κ3) is 4.59. The highest BCUT2D eigenvalue weighted by molar-refractivity contribution is 6.10. The summed E-state index contributed by atoms with van der Waals surface area (Å²) >= 11 is 0. The Kier molecular flexibility index (Phi) is 6.75. The van der Waals surface area contributed by atoms with E-state index in [9.17, 15) is 15.8 Å². The molecule has 5 nitrogen and oxygen atoms in total. The van der Waals surface area contributed by atoms with Crippen molar-refractivity contribution >= 4 is 43.6 Å². The van der Waals surface area contributed by atoms with E-state index >= 15 is 0 Å². The Hall–Kier alpha value is -7.13. The van der Waals surface area contributed by atoms with Gasteiger partial charge in [-0.25, -0.2) is 0 Å². The van der Waals surface area contributed by atoms with Gasteiger partial charge in [-0.15, -0.1) is 0 Å². The van der Waals surface area contributed by atoms with E-state index in [0.29, 0.717) is 16.7 Å². The van der Waals surface area contributed by atoms with Crippen LogP contribution in [0.1, 0.15) is 29.7 Å². The summed E-state index contributed by atoms with van der Waals surface area (Å²) in [6.45, 7) is 2.18. The van der Waals surface area contributed by atoms with Crippen LogP contribution in [-0.2, 0) is 5.41 Å². The van der Waals surface area contributed by atoms with Gasteiger partial charge in [-0.2, -0.15) is 15.8 Å². The van der Waals surface area contributed by atoms with Crippen LogP contribution in [0, 0.1) is 34.0 Å². The molecule has 2 atom stereocenters. The third-order valence-corrected chi connectivity index (χ3v) is 10.5. The standard InChI is InChI=1S/C46H29N5/c1-46(21-20-31(28-48)25-45(46)51-43-13-7-4-10-39(43)40-24-30(27-47)14-19-44(40)51)35-23-32(29-49)22-34(26-35)33-15-17-36(18-16-33)50-41-11-5-2-8-37(41)38-9-3-6-12-42(38)50/h2-26,45H,1H3. The summed E-state index contributed by atoms with van der Waals surface area (Å²) in [4.78, 5) is 0. The topological polar surface area (TPSA) is 81.2 Å². The molecule has 1 aliphatic carbocycles. The van der Waals surface area contributed by atoms with Crippen molar-refractivity contribution in [2.24, 2.45) is 0 Å². The third-order valence-electron chi connectivity index (χ3n) is 10.5. The highest BCUT2D eigenvalue weighted by Gasteiger charge is 2.38. The van der Waals surface area contributed by atoms with E-state index < -0.39 is 5.41 Å². The van der Waals surface area contributed by atoms with Crippen LogP contribution in [0.5, 0.6) is 0 Å². The van der Waals surface area contributed by atoms with E-state index in [1.54, 1.807) is 0 Å². The quantitative estimate of drug-likeness (QED) is 0.190. The molecule has 2 aromatic heterocycles. The molecular formula is C46H29N5. The molecule has 0 amide bonds. The summed E-state index contributed by atoms with van der Waals surface area (Å²) in [5.74, 6) is 0. The van der Waals surface area contributed by atoms with E-state index in [4.69, 9.17) is 0 Å². The van der Waals surface area contributed by atoms with Crippen LogP contribution in [0.3, 0.4) is 0 Å². The first-order valence-corrected chi connectivity index (χ1v) is 16.9. The van der Waals surface area contributed by atoms with Gasteiger partial charge < -0.3 is 9.13 Å². The molecule has 2 unspecified atom stereocenters. The average molecular weight is 652 g/mol. The van der Waals surface area contributed by atoms with Crippen LogP contribution in [0.4, 0.5) is 0 Å². The Labute approximate surface area is 295 Å². The molecule has 0 saturated heterocycles. The van der Waals surface area contributed by atoms with Gasteiger partial charge >= 0.3 is 0 Å². The molecule has 9 rings (SSSR count). The average Bonchev–Trinajstić information content (AvgIpc) is 3.70. The Morgan fingerprint density at radius 3 is 1.80 bits per heavy atom. The molecule has 51 heavy (non-hydrogen) atoms. The molecule has 8 aromatic rings. The van der Waals surface area contributed by atoms with Gasteiger partial charge in [0.05, 0.1) is 46.4 Å². The Bertz CT molecular complexity index is 2860. The lowest BCUT2D eigenvalue weighted by molar-refractivity contribution is 0.430. The highest BCUT2D eigenvalue weighted by atomic mass is 15.0. The molecule has 0 fully saturated rings.